The molecule has 0 fully saturated rings. The predicted molar refractivity (Wildman–Crippen MR) is 52.1 cm³/mol. The molecule has 0 radical (unpaired) electrons. The summed E-state index contributed by atoms with van der Waals surface area (Å²) in [5, 5.41) is 8.40. The molecule has 0 saturated carbocycles. The van der Waals surface area contributed by atoms with Gasteiger partial charge < -0.3 is 9.84 Å². The molecule has 0 bridgehead atoms. The monoisotopic (exact) mass is 190 g/mol. The van der Waals surface area contributed by atoms with Crippen molar-refractivity contribution in [3.05, 3.63) is 29.8 Å². The minimum atomic E-state index is -0.886. The van der Waals surface area contributed by atoms with Crippen molar-refractivity contribution < 1.29 is 14.6 Å². The van der Waals surface area contributed by atoms with Crippen molar-refractivity contribution in [2.75, 3.05) is 6.61 Å². The highest BCUT2D eigenvalue weighted by Gasteiger charge is 2.01. The van der Waals surface area contributed by atoms with E-state index in [-0.39, 0.29) is 13.0 Å². The fourth-order valence-corrected chi connectivity index (χ4v) is 0.960. The van der Waals surface area contributed by atoms with E-state index in [1.54, 1.807) is 24.3 Å². The maximum absolute atomic E-state index is 10.2. The fraction of sp³-hybridized carbons (Fsp3) is 0.182. The van der Waals surface area contributed by atoms with Gasteiger partial charge in [0, 0.05) is 0 Å². The number of carboxylic acids is 1. The molecule has 1 aromatic rings. The van der Waals surface area contributed by atoms with E-state index < -0.39 is 5.97 Å². The molecule has 0 aromatic heterocycles. The van der Waals surface area contributed by atoms with Gasteiger partial charge in [0.15, 0.2) is 0 Å². The summed E-state index contributed by atoms with van der Waals surface area (Å²) in [6.45, 7) is 0.133. The third kappa shape index (κ3) is 2.83. The van der Waals surface area contributed by atoms with E-state index in [0.29, 0.717) is 11.3 Å². The highest BCUT2D eigenvalue weighted by molar-refractivity contribution is 5.66. The Hall–Kier alpha value is -1.95. The lowest BCUT2D eigenvalue weighted by Crippen LogP contribution is -2.05. The van der Waals surface area contributed by atoms with E-state index in [1.165, 1.54) is 0 Å². The van der Waals surface area contributed by atoms with Gasteiger partial charge in [-0.2, -0.15) is 0 Å². The van der Waals surface area contributed by atoms with Crippen LogP contribution in [0.15, 0.2) is 24.3 Å². The Kier molecular flexibility index (Phi) is 3.57. The molecular weight excluding hydrogens is 180 g/mol. The molecule has 3 heteroatoms. The summed E-state index contributed by atoms with van der Waals surface area (Å²) in [6.07, 6.45) is 5.21. The van der Waals surface area contributed by atoms with Gasteiger partial charge in [-0.25, -0.2) is 0 Å². The zero-order valence-corrected chi connectivity index (χ0v) is 7.56. The highest BCUT2D eigenvalue weighted by Crippen LogP contribution is 2.16. The van der Waals surface area contributed by atoms with Gasteiger partial charge in [-0.3, -0.25) is 4.79 Å². The number of hydrogen-bond donors (Lipinski definition) is 1. The van der Waals surface area contributed by atoms with Crippen LogP contribution in [0.4, 0.5) is 0 Å². The van der Waals surface area contributed by atoms with Crippen molar-refractivity contribution in [3.8, 4) is 18.1 Å². The second-order valence-electron chi connectivity index (χ2n) is 2.63. The third-order valence-electron chi connectivity index (χ3n) is 1.62. The van der Waals surface area contributed by atoms with Gasteiger partial charge in [0.2, 0.25) is 0 Å². The maximum Gasteiger partial charge on any atom is 0.306 e. The van der Waals surface area contributed by atoms with Crippen LogP contribution in [0.2, 0.25) is 0 Å². The van der Waals surface area contributed by atoms with Crippen LogP contribution in [0.5, 0.6) is 5.75 Å². The smallest absolute Gasteiger partial charge is 0.306 e. The maximum atomic E-state index is 10.2. The van der Waals surface area contributed by atoms with E-state index in [1.807, 2.05) is 0 Å². The van der Waals surface area contributed by atoms with Gasteiger partial charge in [0.1, 0.15) is 5.75 Å². The number of aliphatic carboxylic acids is 1. The lowest BCUT2D eigenvalue weighted by Gasteiger charge is -2.05. The number of carbonyl (C=O) groups is 1. The molecule has 0 aliphatic heterocycles. The van der Waals surface area contributed by atoms with Crippen LogP contribution >= 0.6 is 0 Å². The lowest BCUT2D eigenvalue weighted by molar-refractivity contribution is -0.137. The topological polar surface area (TPSA) is 46.5 Å². The van der Waals surface area contributed by atoms with Crippen molar-refractivity contribution in [2.45, 2.75) is 6.42 Å². The summed E-state index contributed by atoms with van der Waals surface area (Å²) in [4.78, 5) is 10.2. The van der Waals surface area contributed by atoms with Crippen LogP contribution in [-0.2, 0) is 4.79 Å². The van der Waals surface area contributed by atoms with Gasteiger partial charge in [-0.1, -0.05) is 18.1 Å². The molecule has 1 rings (SSSR count). The zero-order valence-electron chi connectivity index (χ0n) is 7.56. The van der Waals surface area contributed by atoms with E-state index >= 15 is 0 Å². The number of rotatable bonds is 4. The van der Waals surface area contributed by atoms with Crippen LogP contribution < -0.4 is 4.74 Å². The first-order valence-corrected chi connectivity index (χ1v) is 4.14. The molecule has 0 aliphatic carbocycles. The predicted octanol–water partition coefficient (Wildman–Crippen LogP) is 1.52. The largest absolute Gasteiger partial charge is 0.492 e. The summed E-state index contributed by atoms with van der Waals surface area (Å²) >= 11 is 0. The Bertz CT molecular complexity index is 363. The van der Waals surface area contributed by atoms with Crippen molar-refractivity contribution >= 4 is 5.97 Å². The van der Waals surface area contributed by atoms with Crippen LogP contribution in [0.1, 0.15) is 12.0 Å². The van der Waals surface area contributed by atoms with Crippen LogP contribution in [-0.4, -0.2) is 17.7 Å². The first-order valence-electron chi connectivity index (χ1n) is 4.14. The Morgan fingerprint density at radius 3 is 2.86 bits per heavy atom. The van der Waals surface area contributed by atoms with Gasteiger partial charge in [0.05, 0.1) is 18.6 Å². The van der Waals surface area contributed by atoms with Crippen molar-refractivity contribution in [3.63, 3.8) is 0 Å². The average molecular weight is 190 g/mol. The Morgan fingerprint density at radius 1 is 1.50 bits per heavy atom. The summed E-state index contributed by atoms with van der Waals surface area (Å²) in [7, 11) is 0. The minimum Gasteiger partial charge on any atom is -0.492 e. The van der Waals surface area contributed by atoms with Crippen molar-refractivity contribution in [1.82, 2.24) is 0 Å². The average Bonchev–Trinajstić information content (AvgIpc) is 2.18. The highest BCUT2D eigenvalue weighted by atomic mass is 16.5. The molecular formula is C11H10O3. The summed E-state index contributed by atoms with van der Waals surface area (Å²) in [6, 6.07) is 7.06. The third-order valence-corrected chi connectivity index (χ3v) is 1.62. The molecule has 0 saturated heterocycles. The number of para-hydroxylation sites is 1. The molecule has 1 N–H and O–H groups in total. The first kappa shape index (κ1) is 10.1. The second-order valence-corrected chi connectivity index (χ2v) is 2.63. The molecule has 14 heavy (non-hydrogen) atoms. The van der Waals surface area contributed by atoms with Gasteiger partial charge in [-0.15, -0.1) is 6.42 Å². The molecule has 1 aromatic carbocycles. The number of carboxylic acid groups (broad SMARTS) is 1. The summed E-state index contributed by atoms with van der Waals surface area (Å²) in [5.41, 5.74) is 0.637. The molecule has 0 atom stereocenters. The number of hydrogen-bond acceptors (Lipinski definition) is 2. The van der Waals surface area contributed by atoms with Gasteiger partial charge in [-0.05, 0) is 12.1 Å². The fourth-order valence-electron chi connectivity index (χ4n) is 0.960. The lowest BCUT2D eigenvalue weighted by atomic mass is 10.2. The van der Waals surface area contributed by atoms with Gasteiger partial charge in [0.25, 0.3) is 0 Å². The number of terminal acetylenes is 1. The van der Waals surface area contributed by atoms with Crippen LogP contribution in [0.3, 0.4) is 0 Å². The molecule has 0 aliphatic rings. The summed E-state index contributed by atoms with van der Waals surface area (Å²) in [5.74, 6) is 2.13. The van der Waals surface area contributed by atoms with Gasteiger partial charge >= 0.3 is 5.97 Å². The minimum absolute atomic E-state index is 0.0289. The van der Waals surface area contributed by atoms with E-state index in [9.17, 15) is 4.79 Å². The van der Waals surface area contributed by atoms with E-state index in [0.717, 1.165) is 0 Å². The Labute approximate surface area is 82.3 Å². The molecule has 0 amide bonds. The van der Waals surface area contributed by atoms with E-state index in [4.69, 9.17) is 16.3 Å². The Balaban J connectivity index is 2.59. The number of ether oxygens (including phenoxy) is 1. The van der Waals surface area contributed by atoms with E-state index in [2.05, 4.69) is 5.92 Å². The SMILES string of the molecule is C#Cc1ccccc1OCCC(=O)O. The number of benzene rings is 1. The van der Waals surface area contributed by atoms with Crippen molar-refractivity contribution in [1.29, 1.82) is 0 Å². The quantitative estimate of drug-likeness (QED) is 0.732. The second kappa shape index (κ2) is 4.93. The zero-order chi connectivity index (χ0) is 10.4. The first-order chi connectivity index (χ1) is 6.74. The molecule has 3 nitrogen and oxygen atoms in total. The molecule has 72 valence electrons. The molecule has 0 unspecified atom stereocenters. The molecule has 0 heterocycles. The molecule has 0 spiro atoms. The normalized spacial score (nSPS) is 9.07. The van der Waals surface area contributed by atoms with Crippen LogP contribution in [0, 0.1) is 12.3 Å². The Morgan fingerprint density at radius 2 is 2.21 bits per heavy atom. The standard InChI is InChI=1S/C11H10O3/c1-2-9-5-3-4-6-10(9)14-8-7-11(12)13/h1,3-6H,7-8H2,(H,12,13). The summed E-state index contributed by atoms with van der Waals surface area (Å²) < 4.78 is 5.22. The van der Waals surface area contributed by atoms with Crippen molar-refractivity contribution in [2.24, 2.45) is 0 Å². The van der Waals surface area contributed by atoms with Crippen LogP contribution in [0.25, 0.3) is 0 Å².